The highest BCUT2D eigenvalue weighted by molar-refractivity contribution is 5.96. The highest BCUT2D eigenvalue weighted by Gasteiger charge is 2.31. The molecule has 1 fully saturated rings. The van der Waals surface area contributed by atoms with Crippen molar-refractivity contribution in [1.29, 1.82) is 5.26 Å². The molecule has 1 aliphatic carbocycles. The highest BCUT2D eigenvalue weighted by atomic mass is 16.3. The summed E-state index contributed by atoms with van der Waals surface area (Å²) in [7, 11) is 0. The second kappa shape index (κ2) is 6.73. The molecule has 2 N–H and O–H groups in total. The van der Waals surface area contributed by atoms with Gasteiger partial charge < -0.3 is 15.0 Å². The molecule has 0 aliphatic heterocycles. The first-order valence-corrected chi connectivity index (χ1v) is 8.64. The fourth-order valence-electron chi connectivity index (χ4n) is 3.62. The maximum absolute atomic E-state index is 12.6. The second-order valence-electron chi connectivity index (χ2n) is 6.89. The minimum atomic E-state index is -0.756. The number of rotatable bonds is 4. The number of nitrogens with one attached hydrogen (secondary N) is 1. The number of carbonyl (C=O) groups is 1. The molecule has 1 amide bonds. The molecule has 1 aromatic heterocycles. The molecule has 1 aromatic carbocycles. The Morgan fingerprint density at radius 3 is 2.52 bits per heavy atom. The number of nitrogens with zero attached hydrogens (tertiary/aromatic N) is 2. The van der Waals surface area contributed by atoms with Gasteiger partial charge in [0, 0.05) is 23.6 Å². The Morgan fingerprint density at radius 2 is 1.92 bits per heavy atom. The Kier molecular flexibility index (Phi) is 4.65. The van der Waals surface area contributed by atoms with Gasteiger partial charge in [0.15, 0.2) is 0 Å². The van der Waals surface area contributed by atoms with Crippen LogP contribution in [0.2, 0.25) is 0 Å². The van der Waals surface area contributed by atoms with E-state index in [-0.39, 0.29) is 5.91 Å². The van der Waals surface area contributed by atoms with Crippen LogP contribution in [0.25, 0.3) is 5.69 Å². The van der Waals surface area contributed by atoms with Gasteiger partial charge in [-0.05, 0) is 57.0 Å². The number of aliphatic hydroxyl groups is 1. The molecule has 0 atom stereocenters. The first-order valence-electron chi connectivity index (χ1n) is 8.64. The van der Waals surface area contributed by atoms with E-state index >= 15 is 0 Å². The fraction of sp³-hybridized carbons (Fsp3) is 0.400. The van der Waals surface area contributed by atoms with Crippen molar-refractivity contribution in [3.8, 4) is 11.8 Å². The molecule has 0 unspecified atom stereocenters. The average Bonchev–Trinajstić information content (AvgIpc) is 3.17. The SMILES string of the molecule is Cc1cc(C(=O)NCC2(O)CCCC2)c(C)n1-c1ccc(C#N)cc1. The summed E-state index contributed by atoms with van der Waals surface area (Å²) >= 11 is 0. The maximum atomic E-state index is 12.6. The van der Waals surface area contributed by atoms with Crippen molar-refractivity contribution >= 4 is 5.91 Å². The zero-order valence-electron chi connectivity index (χ0n) is 14.7. The molecule has 0 radical (unpaired) electrons. The minimum absolute atomic E-state index is 0.159. The number of nitriles is 1. The number of hydrogen-bond acceptors (Lipinski definition) is 3. The van der Waals surface area contributed by atoms with E-state index < -0.39 is 5.60 Å². The molecule has 1 saturated carbocycles. The molecule has 1 heterocycles. The van der Waals surface area contributed by atoms with Crippen LogP contribution < -0.4 is 5.32 Å². The number of benzene rings is 1. The fourth-order valence-corrected chi connectivity index (χ4v) is 3.62. The van der Waals surface area contributed by atoms with Crippen LogP contribution in [-0.2, 0) is 0 Å². The third-order valence-electron chi connectivity index (χ3n) is 5.04. The number of amides is 1. The lowest BCUT2D eigenvalue weighted by Crippen LogP contribution is -2.40. The third kappa shape index (κ3) is 3.45. The zero-order chi connectivity index (χ0) is 18.0. The van der Waals surface area contributed by atoms with E-state index in [9.17, 15) is 9.90 Å². The van der Waals surface area contributed by atoms with Crippen LogP contribution in [0.4, 0.5) is 0 Å². The maximum Gasteiger partial charge on any atom is 0.253 e. The van der Waals surface area contributed by atoms with Crippen molar-refractivity contribution in [2.75, 3.05) is 6.54 Å². The van der Waals surface area contributed by atoms with E-state index in [0.717, 1.165) is 42.8 Å². The summed E-state index contributed by atoms with van der Waals surface area (Å²) in [5.41, 5.74) is 3.18. The summed E-state index contributed by atoms with van der Waals surface area (Å²) in [5, 5.41) is 22.2. The first kappa shape index (κ1) is 17.2. The number of carbonyl (C=O) groups excluding carboxylic acids is 1. The minimum Gasteiger partial charge on any atom is -0.388 e. The molecule has 25 heavy (non-hydrogen) atoms. The predicted octanol–water partition coefficient (Wildman–Crippen LogP) is 3.00. The van der Waals surface area contributed by atoms with Crippen LogP contribution in [0, 0.1) is 25.2 Å². The normalized spacial score (nSPS) is 15.8. The van der Waals surface area contributed by atoms with Gasteiger partial charge in [-0.25, -0.2) is 0 Å². The van der Waals surface area contributed by atoms with E-state index in [1.807, 2.05) is 36.6 Å². The van der Waals surface area contributed by atoms with E-state index in [0.29, 0.717) is 17.7 Å². The van der Waals surface area contributed by atoms with E-state index in [2.05, 4.69) is 11.4 Å². The van der Waals surface area contributed by atoms with Gasteiger partial charge in [-0.2, -0.15) is 5.26 Å². The van der Waals surface area contributed by atoms with Crippen LogP contribution in [0.3, 0.4) is 0 Å². The summed E-state index contributed by atoms with van der Waals surface area (Å²) in [6, 6.07) is 11.3. The molecule has 130 valence electrons. The lowest BCUT2D eigenvalue weighted by atomic mass is 10.0. The van der Waals surface area contributed by atoms with Gasteiger partial charge in [0.2, 0.25) is 0 Å². The largest absolute Gasteiger partial charge is 0.388 e. The quantitative estimate of drug-likeness (QED) is 0.900. The van der Waals surface area contributed by atoms with E-state index in [1.54, 1.807) is 12.1 Å². The number of aryl methyl sites for hydroxylation is 1. The second-order valence-corrected chi connectivity index (χ2v) is 6.89. The van der Waals surface area contributed by atoms with Gasteiger partial charge in [-0.3, -0.25) is 4.79 Å². The highest BCUT2D eigenvalue weighted by Crippen LogP contribution is 2.29. The molecular weight excluding hydrogens is 314 g/mol. The standard InChI is InChI=1S/C20H23N3O2/c1-14-11-18(19(24)22-13-20(25)9-3-4-10-20)15(2)23(14)17-7-5-16(12-21)6-8-17/h5-8,11,25H,3-4,9-10,13H2,1-2H3,(H,22,24). The predicted molar refractivity (Wildman–Crippen MR) is 95.7 cm³/mol. The molecule has 0 spiro atoms. The van der Waals surface area contributed by atoms with Crippen LogP contribution in [0.1, 0.15) is 53.0 Å². The van der Waals surface area contributed by atoms with Crippen LogP contribution in [0.15, 0.2) is 30.3 Å². The van der Waals surface area contributed by atoms with Crippen LogP contribution >= 0.6 is 0 Å². The van der Waals surface area contributed by atoms with E-state index in [1.165, 1.54) is 0 Å². The molecular formula is C20H23N3O2. The lowest BCUT2D eigenvalue weighted by Gasteiger charge is -2.22. The smallest absolute Gasteiger partial charge is 0.253 e. The lowest BCUT2D eigenvalue weighted by molar-refractivity contribution is 0.0449. The van der Waals surface area contributed by atoms with Crippen LogP contribution in [-0.4, -0.2) is 27.7 Å². The molecule has 0 saturated heterocycles. The summed E-state index contributed by atoms with van der Waals surface area (Å²) in [4.78, 5) is 12.6. The Labute approximate surface area is 147 Å². The number of hydrogen-bond donors (Lipinski definition) is 2. The third-order valence-corrected chi connectivity index (χ3v) is 5.04. The molecule has 3 rings (SSSR count). The molecule has 2 aromatic rings. The van der Waals surface area contributed by atoms with Crippen molar-refractivity contribution < 1.29 is 9.90 Å². The summed E-state index contributed by atoms with van der Waals surface area (Å²) < 4.78 is 2.00. The molecule has 5 heteroatoms. The van der Waals surface area contributed by atoms with Gasteiger partial charge in [-0.15, -0.1) is 0 Å². The van der Waals surface area contributed by atoms with Crippen LogP contribution in [0.5, 0.6) is 0 Å². The Hall–Kier alpha value is -2.58. The first-order chi connectivity index (χ1) is 11.9. The van der Waals surface area contributed by atoms with Gasteiger partial charge in [0.1, 0.15) is 0 Å². The summed E-state index contributed by atoms with van der Waals surface area (Å²) in [5.74, 6) is -0.159. The van der Waals surface area contributed by atoms with Gasteiger partial charge in [0.25, 0.3) is 5.91 Å². The van der Waals surface area contributed by atoms with Crippen molar-refractivity contribution in [2.45, 2.75) is 45.1 Å². The van der Waals surface area contributed by atoms with E-state index in [4.69, 9.17) is 5.26 Å². The number of aromatic nitrogens is 1. The zero-order valence-corrected chi connectivity index (χ0v) is 14.7. The molecule has 5 nitrogen and oxygen atoms in total. The van der Waals surface area contributed by atoms with Gasteiger partial charge >= 0.3 is 0 Å². The summed E-state index contributed by atoms with van der Waals surface area (Å²) in [6.07, 6.45) is 3.52. The Bertz CT molecular complexity index is 822. The van der Waals surface area contributed by atoms with Crippen molar-refractivity contribution in [2.24, 2.45) is 0 Å². The van der Waals surface area contributed by atoms with Crippen molar-refractivity contribution in [3.05, 3.63) is 52.8 Å². The topological polar surface area (TPSA) is 78.0 Å². The summed E-state index contributed by atoms with van der Waals surface area (Å²) in [6.45, 7) is 4.16. The van der Waals surface area contributed by atoms with Gasteiger partial charge in [-0.1, -0.05) is 12.8 Å². The average molecular weight is 337 g/mol. The van der Waals surface area contributed by atoms with Crippen molar-refractivity contribution in [3.63, 3.8) is 0 Å². The van der Waals surface area contributed by atoms with Crippen molar-refractivity contribution in [1.82, 2.24) is 9.88 Å². The van der Waals surface area contributed by atoms with Gasteiger partial charge in [0.05, 0.1) is 22.8 Å². The molecule has 0 bridgehead atoms. The molecule has 1 aliphatic rings. The Balaban J connectivity index is 1.81. The Morgan fingerprint density at radius 1 is 1.28 bits per heavy atom. The monoisotopic (exact) mass is 337 g/mol.